The second-order valence-electron chi connectivity index (χ2n) is 6.40. The highest BCUT2D eigenvalue weighted by atomic mass is 16.3. The van der Waals surface area contributed by atoms with Gasteiger partial charge in [-0.3, -0.25) is 9.98 Å². The molecule has 5 rings (SSSR count). The number of aromatic hydroxyl groups is 1. The van der Waals surface area contributed by atoms with E-state index in [0.717, 1.165) is 47.5 Å². The summed E-state index contributed by atoms with van der Waals surface area (Å²) < 4.78 is 0. The Hall–Kier alpha value is -2.88. The molecule has 0 fully saturated rings. The Morgan fingerprint density at radius 2 is 2.00 bits per heavy atom. The first kappa shape index (κ1) is 13.5. The number of fused-ring (bicyclic) bond motifs is 1. The first-order valence-corrected chi connectivity index (χ1v) is 8.33. The first-order valence-electron chi connectivity index (χ1n) is 8.33. The Kier molecular flexibility index (Phi) is 2.86. The number of aliphatic imine (C=N–C) groups is 1. The summed E-state index contributed by atoms with van der Waals surface area (Å²) in [6.07, 6.45) is 6.50. The molecular formula is C20H17N3O. The SMILES string of the molecule is Oc1c(CCc2c[nH]c3ccccc23)cc2c3c1N=CC=3CCN=2. The molecular weight excluding hydrogens is 298 g/mol. The zero-order chi connectivity index (χ0) is 16.1. The monoisotopic (exact) mass is 315 g/mol. The summed E-state index contributed by atoms with van der Waals surface area (Å²) in [6.45, 7) is 0.806. The normalized spacial score (nSPS) is 14.9. The molecule has 0 saturated carbocycles. The number of hydrogen-bond donors (Lipinski definition) is 2. The van der Waals surface area contributed by atoms with Crippen LogP contribution in [0.25, 0.3) is 16.5 Å². The van der Waals surface area contributed by atoms with Crippen LogP contribution in [0.15, 0.2) is 46.5 Å². The Labute approximate surface area is 138 Å². The molecule has 1 aromatic heterocycles. The van der Waals surface area contributed by atoms with Crippen LogP contribution < -0.4 is 10.6 Å². The molecule has 0 spiro atoms. The van der Waals surface area contributed by atoms with Gasteiger partial charge < -0.3 is 10.1 Å². The lowest BCUT2D eigenvalue weighted by molar-refractivity contribution is 0.469. The average Bonchev–Trinajstić information content (AvgIpc) is 3.22. The third kappa shape index (κ3) is 1.92. The van der Waals surface area contributed by atoms with Crippen molar-refractivity contribution in [1.29, 1.82) is 0 Å². The van der Waals surface area contributed by atoms with Crippen LogP contribution in [0.3, 0.4) is 0 Å². The summed E-state index contributed by atoms with van der Waals surface area (Å²) in [4.78, 5) is 12.4. The predicted octanol–water partition coefficient (Wildman–Crippen LogP) is 2.55. The van der Waals surface area contributed by atoms with Crippen LogP contribution in [0.2, 0.25) is 0 Å². The van der Waals surface area contributed by atoms with Crippen molar-refractivity contribution in [3.63, 3.8) is 0 Å². The number of phenols is 1. The van der Waals surface area contributed by atoms with Gasteiger partial charge in [-0.2, -0.15) is 0 Å². The lowest BCUT2D eigenvalue weighted by atomic mass is 9.99. The molecule has 0 atom stereocenters. The fourth-order valence-corrected chi connectivity index (χ4v) is 3.76. The summed E-state index contributed by atoms with van der Waals surface area (Å²) in [5.41, 5.74) is 5.26. The largest absolute Gasteiger partial charge is 0.505 e. The highest BCUT2D eigenvalue weighted by molar-refractivity contribution is 6.07. The van der Waals surface area contributed by atoms with E-state index in [-0.39, 0.29) is 0 Å². The minimum atomic E-state index is 0.317. The lowest BCUT2D eigenvalue weighted by Crippen LogP contribution is -2.30. The zero-order valence-corrected chi connectivity index (χ0v) is 13.2. The molecule has 0 aliphatic carbocycles. The first-order chi connectivity index (χ1) is 11.8. The number of aromatic amines is 1. The second-order valence-corrected chi connectivity index (χ2v) is 6.40. The Bertz CT molecular complexity index is 1120. The molecule has 0 radical (unpaired) electrons. The molecule has 0 bridgehead atoms. The van der Waals surface area contributed by atoms with Crippen LogP contribution in [-0.2, 0) is 12.8 Å². The summed E-state index contributed by atoms with van der Waals surface area (Å²) in [5.74, 6) is 0.317. The smallest absolute Gasteiger partial charge is 0.145 e. The highest BCUT2D eigenvalue weighted by Crippen LogP contribution is 2.30. The van der Waals surface area contributed by atoms with E-state index in [1.807, 2.05) is 18.3 Å². The second kappa shape index (κ2) is 5.06. The minimum absolute atomic E-state index is 0.317. The maximum atomic E-state index is 10.6. The van der Waals surface area contributed by atoms with E-state index in [1.54, 1.807) is 0 Å². The highest BCUT2D eigenvalue weighted by Gasteiger charge is 2.19. The molecule has 24 heavy (non-hydrogen) atoms. The molecule has 118 valence electrons. The average molecular weight is 315 g/mol. The van der Waals surface area contributed by atoms with E-state index in [2.05, 4.69) is 39.4 Å². The molecule has 0 saturated heterocycles. The van der Waals surface area contributed by atoms with E-state index in [1.165, 1.54) is 16.5 Å². The Morgan fingerprint density at radius 1 is 1.12 bits per heavy atom. The molecule has 4 nitrogen and oxygen atoms in total. The van der Waals surface area contributed by atoms with E-state index in [9.17, 15) is 5.11 Å². The van der Waals surface area contributed by atoms with Gasteiger partial charge in [-0.25, -0.2) is 0 Å². The van der Waals surface area contributed by atoms with Gasteiger partial charge in [0.05, 0.1) is 5.36 Å². The van der Waals surface area contributed by atoms with Crippen molar-refractivity contribution in [2.24, 2.45) is 9.98 Å². The fourth-order valence-electron chi connectivity index (χ4n) is 3.76. The van der Waals surface area contributed by atoms with E-state index >= 15 is 0 Å². The van der Waals surface area contributed by atoms with Gasteiger partial charge in [0.1, 0.15) is 11.4 Å². The number of nitrogens with one attached hydrogen (secondary N) is 1. The molecule has 2 aromatic carbocycles. The molecule has 2 aliphatic heterocycles. The number of hydrogen-bond acceptors (Lipinski definition) is 3. The Balaban J connectivity index is 1.54. The molecule has 0 amide bonds. The van der Waals surface area contributed by atoms with E-state index in [0.29, 0.717) is 11.4 Å². The van der Waals surface area contributed by atoms with Crippen LogP contribution in [-0.4, -0.2) is 22.8 Å². The summed E-state index contributed by atoms with van der Waals surface area (Å²) in [7, 11) is 0. The van der Waals surface area contributed by atoms with Gasteiger partial charge in [0.15, 0.2) is 0 Å². The molecule has 2 aliphatic rings. The number of rotatable bonds is 3. The van der Waals surface area contributed by atoms with E-state index in [4.69, 9.17) is 0 Å². The summed E-state index contributed by atoms with van der Waals surface area (Å²) in [6, 6.07) is 10.3. The zero-order valence-electron chi connectivity index (χ0n) is 13.2. The van der Waals surface area contributed by atoms with Crippen LogP contribution in [0.1, 0.15) is 17.5 Å². The number of benzene rings is 2. The van der Waals surface area contributed by atoms with Crippen LogP contribution >= 0.6 is 0 Å². The molecule has 4 heteroatoms. The van der Waals surface area contributed by atoms with E-state index < -0.39 is 0 Å². The van der Waals surface area contributed by atoms with Gasteiger partial charge in [0.2, 0.25) is 0 Å². The summed E-state index contributed by atoms with van der Waals surface area (Å²) >= 11 is 0. The lowest BCUT2D eigenvalue weighted by Gasteiger charge is -2.09. The van der Waals surface area contributed by atoms with Crippen molar-refractivity contribution in [3.8, 4) is 5.75 Å². The van der Waals surface area contributed by atoms with Crippen molar-refractivity contribution in [2.45, 2.75) is 19.3 Å². The summed E-state index contributed by atoms with van der Waals surface area (Å²) in [5, 5.41) is 13.9. The third-order valence-electron chi connectivity index (χ3n) is 5.00. The maximum Gasteiger partial charge on any atom is 0.145 e. The van der Waals surface area contributed by atoms with Crippen LogP contribution in [0.5, 0.6) is 5.75 Å². The van der Waals surface area contributed by atoms with Gasteiger partial charge in [0.25, 0.3) is 0 Å². The molecule has 3 heterocycles. The number of nitrogens with zero attached hydrogens (tertiary/aromatic N) is 2. The topological polar surface area (TPSA) is 60.7 Å². The van der Waals surface area contributed by atoms with Crippen LogP contribution in [0, 0.1) is 0 Å². The van der Waals surface area contributed by atoms with Gasteiger partial charge in [-0.05, 0) is 48.1 Å². The third-order valence-corrected chi connectivity index (χ3v) is 5.00. The Morgan fingerprint density at radius 3 is 2.96 bits per heavy atom. The standard InChI is InChI=1S/C20H17N3O/c24-20-12(5-6-13-10-22-16-4-2-1-3-15(13)16)9-17-18-14(7-8-21-17)11-23-19(18)20/h1-4,9-11,22,24H,5-8H2. The van der Waals surface area contributed by atoms with Gasteiger partial charge in [0, 0.05) is 35.1 Å². The molecule has 3 aromatic rings. The number of aromatic nitrogens is 1. The number of H-pyrrole nitrogens is 1. The number of aryl methyl sites for hydroxylation is 2. The quantitative estimate of drug-likeness (QED) is 0.766. The molecule has 0 unspecified atom stereocenters. The van der Waals surface area contributed by atoms with Gasteiger partial charge in [-0.1, -0.05) is 18.2 Å². The fraction of sp³-hybridized carbons (Fsp3) is 0.200. The predicted molar refractivity (Wildman–Crippen MR) is 95.6 cm³/mol. The van der Waals surface area contributed by atoms with Crippen molar-refractivity contribution in [2.75, 3.05) is 6.54 Å². The van der Waals surface area contributed by atoms with Gasteiger partial charge in [-0.15, -0.1) is 0 Å². The van der Waals surface area contributed by atoms with Crippen molar-refractivity contribution >= 4 is 28.4 Å². The minimum Gasteiger partial charge on any atom is -0.505 e. The maximum absolute atomic E-state index is 10.6. The number of para-hydroxylation sites is 1. The van der Waals surface area contributed by atoms with Crippen molar-refractivity contribution < 1.29 is 5.11 Å². The molecule has 2 N–H and O–H groups in total. The van der Waals surface area contributed by atoms with Crippen molar-refractivity contribution in [1.82, 2.24) is 4.98 Å². The van der Waals surface area contributed by atoms with Crippen molar-refractivity contribution in [3.05, 3.63) is 58.2 Å². The van der Waals surface area contributed by atoms with Crippen LogP contribution in [0.4, 0.5) is 5.69 Å². The number of phenolic OH excluding ortho intramolecular Hbond substituents is 1. The van der Waals surface area contributed by atoms with Gasteiger partial charge >= 0.3 is 0 Å².